The van der Waals surface area contributed by atoms with Gasteiger partial charge >= 0.3 is 0 Å². The Hall–Kier alpha value is -3.44. The highest BCUT2D eigenvalue weighted by Crippen LogP contribution is 2.28. The molecule has 2 aromatic carbocycles. The first-order valence-electron chi connectivity index (χ1n) is 8.09. The Labute approximate surface area is 161 Å². The molecule has 0 aliphatic carbocycles. The lowest BCUT2D eigenvalue weighted by Crippen LogP contribution is -2.00. The Morgan fingerprint density at radius 1 is 1.30 bits per heavy atom. The minimum absolute atomic E-state index is 0.275. The van der Waals surface area contributed by atoms with Crippen LogP contribution < -0.4 is 9.47 Å². The molecule has 0 aliphatic rings. The standard InChI is InChI=1S/C19H17N5O2S/c1-13-22-23-19(27)24(13)21-11-14-7-8-17(18(9-14)25-2)26-12-16-6-4-3-5-15(16)10-20/h3-9,11H,12H2,1-2H3,(H,23,27)/b21-11-. The summed E-state index contributed by atoms with van der Waals surface area (Å²) in [7, 11) is 1.57. The van der Waals surface area contributed by atoms with Crippen molar-refractivity contribution in [3.63, 3.8) is 0 Å². The highest BCUT2D eigenvalue weighted by molar-refractivity contribution is 7.71. The van der Waals surface area contributed by atoms with E-state index in [1.165, 1.54) is 4.68 Å². The summed E-state index contributed by atoms with van der Waals surface area (Å²) in [5, 5.41) is 20.2. The second kappa shape index (κ2) is 8.29. The molecule has 3 aromatic rings. The summed E-state index contributed by atoms with van der Waals surface area (Å²) in [6.07, 6.45) is 1.66. The fraction of sp³-hybridized carbons (Fsp3) is 0.158. The molecule has 0 spiro atoms. The summed E-state index contributed by atoms with van der Waals surface area (Å²) in [5.74, 6) is 1.82. The first-order valence-corrected chi connectivity index (χ1v) is 8.50. The molecule has 1 heterocycles. The number of aryl methyl sites for hydroxylation is 1. The predicted octanol–water partition coefficient (Wildman–Crippen LogP) is 3.59. The summed E-state index contributed by atoms with van der Waals surface area (Å²) in [5.41, 5.74) is 2.23. The van der Waals surface area contributed by atoms with Gasteiger partial charge in [0.15, 0.2) is 11.5 Å². The number of rotatable bonds is 6. The van der Waals surface area contributed by atoms with E-state index in [4.69, 9.17) is 27.0 Å². The smallest absolute Gasteiger partial charge is 0.216 e. The molecule has 7 nitrogen and oxygen atoms in total. The maximum atomic E-state index is 9.17. The summed E-state index contributed by atoms with van der Waals surface area (Å²) in [6, 6.07) is 15.0. The van der Waals surface area contributed by atoms with Crippen LogP contribution >= 0.6 is 12.2 Å². The molecule has 0 fully saturated rings. The number of hydrogen-bond donors (Lipinski definition) is 1. The third-order valence-electron chi connectivity index (χ3n) is 3.84. The average Bonchev–Trinajstić information content (AvgIpc) is 3.02. The molecule has 0 saturated heterocycles. The van der Waals surface area contributed by atoms with Crippen molar-refractivity contribution in [3.05, 3.63) is 69.8 Å². The molecule has 0 amide bonds. The number of hydrogen-bond acceptors (Lipinski definition) is 6. The van der Waals surface area contributed by atoms with Crippen molar-refractivity contribution >= 4 is 18.4 Å². The Balaban J connectivity index is 1.78. The van der Waals surface area contributed by atoms with Crippen LogP contribution in [0, 0.1) is 23.0 Å². The Morgan fingerprint density at radius 3 is 2.81 bits per heavy atom. The molecule has 1 N–H and O–H groups in total. The number of ether oxygens (including phenoxy) is 2. The fourth-order valence-electron chi connectivity index (χ4n) is 2.43. The number of nitrogens with zero attached hydrogens (tertiary/aromatic N) is 4. The van der Waals surface area contributed by atoms with Crippen LogP contribution in [0.15, 0.2) is 47.6 Å². The lowest BCUT2D eigenvalue weighted by atomic mass is 10.1. The van der Waals surface area contributed by atoms with Crippen molar-refractivity contribution < 1.29 is 9.47 Å². The normalized spacial score (nSPS) is 10.7. The molecular weight excluding hydrogens is 362 g/mol. The van der Waals surface area contributed by atoms with Crippen molar-refractivity contribution in [1.29, 1.82) is 5.26 Å². The number of aromatic nitrogens is 3. The molecule has 0 atom stereocenters. The predicted molar refractivity (Wildman–Crippen MR) is 104 cm³/mol. The van der Waals surface area contributed by atoms with Gasteiger partial charge in [-0.05, 0) is 49.0 Å². The minimum atomic E-state index is 0.275. The second-order valence-corrected chi connectivity index (χ2v) is 5.99. The summed E-state index contributed by atoms with van der Waals surface area (Å²) < 4.78 is 13.2. The van der Waals surface area contributed by atoms with Crippen LogP contribution in [0.25, 0.3) is 0 Å². The van der Waals surface area contributed by atoms with Crippen LogP contribution in [0.2, 0.25) is 0 Å². The lowest BCUT2D eigenvalue weighted by molar-refractivity contribution is 0.284. The molecule has 0 aliphatic heterocycles. The molecule has 3 rings (SSSR count). The topological polar surface area (TPSA) is 88.2 Å². The van der Waals surface area contributed by atoms with Crippen LogP contribution in [-0.2, 0) is 6.61 Å². The number of nitriles is 1. The number of benzene rings is 2. The van der Waals surface area contributed by atoms with Gasteiger partial charge in [-0.1, -0.05) is 18.2 Å². The third kappa shape index (κ3) is 4.22. The van der Waals surface area contributed by atoms with Crippen LogP contribution in [0.5, 0.6) is 11.5 Å². The molecule has 0 radical (unpaired) electrons. The summed E-state index contributed by atoms with van der Waals surface area (Å²) in [4.78, 5) is 0. The van der Waals surface area contributed by atoms with Gasteiger partial charge in [0.25, 0.3) is 0 Å². The van der Waals surface area contributed by atoms with Gasteiger partial charge in [-0.3, -0.25) is 5.10 Å². The Bertz CT molecular complexity index is 1080. The van der Waals surface area contributed by atoms with Crippen LogP contribution in [0.3, 0.4) is 0 Å². The quantitative estimate of drug-likeness (QED) is 0.522. The van der Waals surface area contributed by atoms with Crippen LogP contribution in [0.4, 0.5) is 0 Å². The van der Waals surface area contributed by atoms with Crippen molar-refractivity contribution in [2.75, 3.05) is 7.11 Å². The van der Waals surface area contributed by atoms with Gasteiger partial charge in [0.1, 0.15) is 12.4 Å². The van der Waals surface area contributed by atoms with Gasteiger partial charge in [0.05, 0.1) is 25.0 Å². The molecule has 0 unspecified atom stereocenters. The molecular formula is C19H17N5O2S. The van der Waals surface area contributed by atoms with Gasteiger partial charge < -0.3 is 9.47 Å². The molecule has 8 heteroatoms. The van der Waals surface area contributed by atoms with E-state index in [1.54, 1.807) is 32.4 Å². The first kappa shape index (κ1) is 18.4. The largest absolute Gasteiger partial charge is 0.493 e. The van der Waals surface area contributed by atoms with Crippen molar-refractivity contribution in [2.45, 2.75) is 13.5 Å². The van der Waals surface area contributed by atoms with Crippen LogP contribution in [0.1, 0.15) is 22.5 Å². The zero-order valence-corrected chi connectivity index (χ0v) is 15.7. The van der Waals surface area contributed by atoms with Crippen LogP contribution in [-0.4, -0.2) is 28.2 Å². The Kier molecular flexibility index (Phi) is 5.64. The van der Waals surface area contributed by atoms with Crippen molar-refractivity contribution in [1.82, 2.24) is 14.9 Å². The van der Waals surface area contributed by atoms with Gasteiger partial charge in [-0.2, -0.15) is 20.1 Å². The summed E-state index contributed by atoms with van der Waals surface area (Å²) in [6.45, 7) is 2.08. The zero-order chi connectivity index (χ0) is 19.2. The SMILES string of the molecule is COc1cc(/C=N\n2c(C)n[nH]c2=S)ccc1OCc1ccccc1C#N. The highest BCUT2D eigenvalue weighted by atomic mass is 32.1. The highest BCUT2D eigenvalue weighted by Gasteiger charge is 2.08. The molecule has 0 saturated carbocycles. The minimum Gasteiger partial charge on any atom is -0.493 e. The molecule has 136 valence electrons. The van der Waals surface area contributed by atoms with E-state index in [1.807, 2.05) is 30.3 Å². The molecule has 1 aromatic heterocycles. The fourth-order valence-corrected chi connectivity index (χ4v) is 2.65. The number of nitrogens with one attached hydrogen (secondary N) is 1. The van der Waals surface area contributed by atoms with Gasteiger partial charge in [-0.15, -0.1) is 0 Å². The average molecular weight is 379 g/mol. The van der Waals surface area contributed by atoms with E-state index in [0.29, 0.717) is 27.7 Å². The zero-order valence-electron chi connectivity index (χ0n) is 14.8. The maximum Gasteiger partial charge on any atom is 0.216 e. The maximum absolute atomic E-state index is 9.17. The summed E-state index contributed by atoms with van der Waals surface area (Å²) >= 11 is 5.12. The van der Waals surface area contributed by atoms with Gasteiger partial charge in [0, 0.05) is 5.56 Å². The van der Waals surface area contributed by atoms with Crippen molar-refractivity contribution in [2.24, 2.45) is 5.10 Å². The van der Waals surface area contributed by atoms with E-state index in [0.717, 1.165) is 11.1 Å². The van der Waals surface area contributed by atoms with E-state index in [-0.39, 0.29) is 6.61 Å². The van der Waals surface area contributed by atoms with E-state index < -0.39 is 0 Å². The van der Waals surface area contributed by atoms with Gasteiger partial charge in [0.2, 0.25) is 4.77 Å². The monoisotopic (exact) mass is 379 g/mol. The first-order chi connectivity index (χ1) is 13.1. The molecule has 0 bridgehead atoms. The number of aromatic amines is 1. The third-order valence-corrected chi connectivity index (χ3v) is 4.11. The van der Waals surface area contributed by atoms with E-state index in [9.17, 15) is 0 Å². The van der Waals surface area contributed by atoms with Crippen molar-refractivity contribution in [3.8, 4) is 17.6 Å². The van der Waals surface area contributed by atoms with Gasteiger partial charge in [-0.25, -0.2) is 0 Å². The second-order valence-electron chi connectivity index (χ2n) is 5.60. The van der Waals surface area contributed by atoms with E-state index >= 15 is 0 Å². The number of methoxy groups -OCH3 is 1. The lowest BCUT2D eigenvalue weighted by Gasteiger charge is -2.12. The Morgan fingerprint density at radius 2 is 2.11 bits per heavy atom. The number of H-pyrrole nitrogens is 1. The van der Waals surface area contributed by atoms with E-state index in [2.05, 4.69) is 21.4 Å². The molecule has 27 heavy (non-hydrogen) atoms.